The fourth-order valence-corrected chi connectivity index (χ4v) is 4.29. The SMILES string of the molecule is Cc1ccc(OCCn2c(CCCCCNC(=O)COc3ccc(Cl)cc3)nc3ccccc32)cc1C. The van der Waals surface area contributed by atoms with E-state index in [0.29, 0.717) is 23.9 Å². The maximum atomic E-state index is 12.0. The van der Waals surface area contributed by atoms with Crippen LogP contribution < -0.4 is 14.8 Å². The van der Waals surface area contributed by atoms with Crippen LogP contribution in [0.4, 0.5) is 0 Å². The molecule has 0 aliphatic carbocycles. The second-order valence-electron chi connectivity index (χ2n) is 9.17. The number of imidazole rings is 1. The number of amides is 1. The predicted octanol–water partition coefficient (Wildman–Crippen LogP) is 6.29. The normalized spacial score (nSPS) is 11.0. The first-order chi connectivity index (χ1) is 18.0. The number of nitrogens with one attached hydrogen (secondary N) is 1. The second kappa shape index (κ2) is 13.2. The lowest BCUT2D eigenvalue weighted by atomic mass is 10.1. The number of carbonyl (C=O) groups excluding carboxylic acids is 1. The van der Waals surface area contributed by atoms with Gasteiger partial charge >= 0.3 is 0 Å². The third kappa shape index (κ3) is 7.73. The summed E-state index contributed by atoms with van der Waals surface area (Å²) < 4.78 is 13.8. The van der Waals surface area contributed by atoms with Gasteiger partial charge in [0.25, 0.3) is 5.91 Å². The highest BCUT2D eigenvalue weighted by atomic mass is 35.5. The van der Waals surface area contributed by atoms with Crippen LogP contribution >= 0.6 is 11.6 Å². The van der Waals surface area contributed by atoms with Gasteiger partial charge in [-0.2, -0.15) is 0 Å². The molecule has 4 aromatic rings. The number of ether oxygens (including phenoxy) is 2. The molecule has 1 amide bonds. The number of aryl methyl sites for hydroxylation is 3. The van der Waals surface area contributed by atoms with E-state index in [0.717, 1.165) is 54.8 Å². The van der Waals surface area contributed by atoms with Crippen molar-refractivity contribution in [3.05, 3.63) is 88.7 Å². The summed E-state index contributed by atoms with van der Waals surface area (Å²) in [7, 11) is 0. The highest BCUT2D eigenvalue weighted by molar-refractivity contribution is 6.30. The maximum Gasteiger partial charge on any atom is 0.257 e. The largest absolute Gasteiger partial charge is 0.492 e. The summed E-state index contributed by atoms with van der Waals surface area (Å²) in [4.78, 5) is 16.9. The van der Waals surface area contributed by atoms with E-state index in [1.807, 2.05) is 18.2 Å². The predicted molar refractivity (Wildman–Crippen MR) is 149 cm³/mol. The molecule has 4 rings (SSSR count). The summed E-state index contributed by atoms with van der Waals surface area (Å²) in [6, 6.07) is 21.4. The van der Waals surface area contributed by atoms with Gasteiger partial charge in [-0.3, -0.25) is 4.79 Å². The van der Waals surface area contributed by atoms with Gasteiger partial charge in [0.1, 0.15) is 23.9 Å². The molecule has 6 nitrogen and oxygen atoms in total. The number of benzene rings is 3. The van der Waals surface area contributed by atoms with Crippen molar-refractivity contribution in [2.24, 2.45) is 0 Å². The lowest BCUT2D eigenvalue weighted by Crippen LogP contribution is -2.29. The van der Waals surface area contributed by atoms with Crippen LogP contribution in [0.1, 0.15) is 36.2 Å². The summed E-state index contributed by atoms with van der Waals surface area (Å²) in [5.74, 6) is 2.47. The van der Waals surface area contributed by atoms with E-state index in [1.165, 1.54) is 11.1 Å². The van der Waals surface area contributed by atoms with Crippen molar-refractivity contribution in [3.63, 3.8) is 0 Å². The second-order valence-corrected chi connectivity index (χ2v) is 9.60. The van der Waals surface area contributed by atoms with Gasteiger partial charge < -0.3 is 19.4 Å². The van der Waals surface area contributed by atoms with E-state index in [1.54, 1.807) is 24.3 Å². The van der Waals surface area contributed by atoms with Crippen LogP contribution in [0.3, 0.4) is 0 Å². The average molecular weight is 520 g/mol. The van der Waals surface area contributed by atoms with Gasteiger partial charge in [0, 0.05) is 18.0 Å². The minimum absolute atomic E-state index is 0.00408. The van der Waals surface area contributed by atoms with Crippen LogP contribution in [-0.2, 0) is 17.8 Å². The summed E-state index contributed by atoms with van der Waals surface area (Å²) in [5.41, 5.74) is 4.64. The molecule has 0 radical (unpaired) electrons. The number of aromatic nitrogens is 2. The summed E-state index contributed by atoms with van der Waals surface area (Å²) >= 11 is 5.86. The van der Waals surface area contributed by atoms with Gasteiger partial charge in [0.2, 0.25) is 0 Å². The zero-order valence-corrected chi connectivity index (χ0v) is 22.3. The van der Waals surface area contributed by atoms with Crippen molar-refractivity contribution >= 4 is 28.5 Å². The maximum absolute atomic E-state index is 12.0. The van der Waals surface area contributed by atoms with E-state index in [-0.39, 0.29) is 12.5 Å². The minimum atomic E-state index is -0.125. The molecule has 0 aliphatic heterocycles. The van der Waals surface area contributed by atoms with Gasteiger partial charge in [-0.25, -0.2) is 4.98 Å². The molecule has 0 spiro atoms. The molecular weight excluding hydrogens is 486 g/mol. The Morgan fingerprint density at radius 2 is 1.70 bits per heavy atom. The van der Waals surface area contributed by atoms with E-state index in [9.17, 15) is 4.79 Å². The van der Waals surface area contributed by atoms with Crippen molar-refractivity contribution in [1.29, 1.82) is 0 Å². The summed E-state index contributed by atoms with van der Waals surface area (Å²) in [5, 5.41) is 3.56. The first-order valence-corrected chi connectivity index (χ1v) is 13.2. The Hall–Kier alpha value is -3.51. The lowest BCUT2D eigenvalue weighted by Gasteiger charge is -2.12. The Labute approximate surface area is 223 Å². The van der Waals surface area contributed by atoms with Gasteiger partial charge in [-0.05, 0) is 86.3 Å². The third-order valence-corrected chi connectivity index (χ3v) is 6.63. The van der Waals surface area contributed by atoms with Crippen LogP contribution in [-0.4, -0.2) is 35.2 Å². The first kappa shape index (κ1) is 26.6. The molecule has 0 saturated heterocycles. The third-order valence-electron chi connectivity index (χ3n) is 6.38. The highest BCUT2D eigenvalue weighted by Crippen LogP contribution is 2.20. The van der Waals surface area contributed by atoms with Crippen molar-refractivity contribution in [3.8, 4) is 11.5 Å². The van der Waals surface area contributed by atoms with E-state index < -0.39 is 0 Å². The van der Waals surface area contributed by atoms with Gasteiger partial charge in [0.05, 0.1) is 17.6 Å². The van der Waals surface area contributed by atoms with Crippen LogP contribution in [0.5, 0.6) is 11.5 Å². The molecule has 0 aliphatic rings. The van der Waals surface area contributed by atoms with Crippen molar-refractivity contribution < 1.29 is 14.3 Å². The molecule has 3 aromatic carbocycles. The van der Waals surface area contributed by atoms with Crippen LogP contribution in [0, 0.1) is 13.8 Å². The van der Waals surface area contributed by atoms with E-state index in [2.05, 4.69) is 48.0 Å². The molecule has 0 unspecified atom stereocenters. The lowest BCUT2D eigenvalue weighted by molar-refractivity contribution is -0.123. The van der Waals surface area contributed by atoms with Gasteiger partial charge in [-0.1, -0.05) is 36.2 Å². The molecule has 0 bridgehead atoms. The van der Waals surface area contributed by atoms with Crippen LogP contribution in [0.2, 0.25) is 5.02 Å². The smallest absolute Gasteiger partial charge is 0.257 e. The number of carbonyl (C=O) groups is 1. The molecular formula is C30H34ClN3O3. The Morgan fingerprint density at radius 3 is 2.51 bits per heavy atom. The number of fused-ring (bicyclic) bond motifs is 1. The molecule has 7 heteroatoms. The van der Waals surface area contributed by atoms with Crippen LogP contribution in [0.15, 0.2) is 66.7 Å². The molecule has 194 valence electrons. The monoisotopic (exact) mass is 519 g/mol. The molecule has 1 aromatic heterocycles. The molecule has 1 N–H and O–H groups in total. The zero-order chi connectivity index (χ0) is 26.0. The quantitative estimate of drug-likeness (QED) is 0.211. The van der Waals surface area contributed by atoms with E-state index >= 15 is 0 Å². The Kier molecular flexibility index (Phi) is 9.44. The van der Waals surface area contributed by atoms with Crippen molar-refractivity contribution in [1.82, 2.24) is 14.9 Å². The summed E-state index contributed by atoms with van der Waals surface area (Å²) in [6.07, 6.45) is 3.79. The number of hydrogen-bond acceptors (Lipinski definition) is 4. The number of para-hydroxylation sites is 2. The number of unbranched alkanes of at least 4 members (excludes halogenated alkanes) is 2. The number of rotatable bonds is 13. The molecule has 0 fully saturated rings. The number of nitrogens with zero attached hydrogens (tertiary/aromatic N) is 2. The fraction of sp³-hybridized carbons (Fsp3) is 0.333. The van der Waals surface area contributed by atoms with E-state index in [4.69, 9.17) is 26.1 Å². The number of hydrogen-bond donors (Lipinski definition) is 1. The summed E-state index contributed by atoms with van der Waals surface area (Å²) in [6.45, 7) is 6.16. The first-order valence-electron chi connectivity index (χ1n) is 12.8. The molecule has 37 heavy (non-hydrogen) atoms. The molecule has 0 saturated carbocycles. The van der Waals surface area contributed by atoms with Crippen LogP contribution in [0.25, 0.3) is 11.0 Å². The number of halogens is 1. The average Bonchev–Trinajstić information content (AvgIpc) is 3.25. The van der Waals surface area contributed by atoms with Gasteiger partial charge in [0.15, 0.2) is 6.61 Å². The Bertz CT molecular complexity index is 1320. The zero-order valence-electron chi connectivity index (χ0n) is 21.5. The standard InChI is InChI=1S/C30H34ClN3O3/c1-22-11-14-26(20-23(22)2)36-19-18-34-28-9-6-5-8-27(28)33-29(34)10-4-3-7-17-32-30(35)21-37-25-15-12-24(31)13-16-25/h5-6,8-9,11-16,20H,3-4,7,10,17-19,21H2,1-2H3,(H,32,35). The van der Waals surface area contributed by atoms with Gasteiger partial charge in [-0.15, -0.1) is 0 Å². The molecule has 0 atom stereocenters. The Balaban J connectivity index is 1.21. The highest BCUT2D eigenvalue weighted by Gasteiger charge is 2.11. The topological polar surface area (TPSA) is 65.4 Å². The fourth-order valence-electron chi connectivity index (χ4n) is 4.17. The molecule has 1 heterocycles. The van der Waals surface area contributed by atoms with Crippen molar-refractivity contribution in [2.75, 3.05) is 19.8 Å². The minimum Gasteiger partial charge on any atom is -0.492 e. The van der Waals surface area contributed by atoms with Crippen molar-refractivity contribution in [2.45, 2.75) is 46.1 Å². The Morgan fingerprint density at radius 1 is 0.919 bits per heavy atom.